The smallest absolute Gasteiger partial charge is 0.545 e. The summed E-state index contributed by atoms with van der Waals surface area (Å²) < 4.78 is 11.5. The van der Waals surface area contributed by atoms with E-state index >= 15 is 0 Å². The maximum atomic E-state index is 11.6. The molecule has 6 nitrogen and oxygen atoms in total. The first-order valence-electron chi connectivity index (χ1n) is 9.30. The standard InChI is InChI=1S/C24H18O6.Na/c25-23(26)19-11-9-15-5-1-3-7-17(15)21(19)29-13-14-30-22-18-8-4-2-6-16(18)10-12-20(22)24(27)28;/h1-12H,13-14H2,(H,25,26)(H,27,28);/q;+1/p-1. The van der Waals surface area contributed by atoms with Gasteiger partial charge in [0, 0.05) is 16.3 Å². The van der Waals surface area contributed by atoms with Gasteiger partial charge in [-0.15, -0.1) is 0 Å². The summed E-state index contributed by atoms with van der Waals surface area (Å²) in [4.78, 5) is 23.1. The van der Waals surface area contributed by atoms with Gasteiger partial charge in [0.15, 0.2) is 0 Å². The van der Waals surface area contributed by atoms with Crippen LogP contribution in [0, 0.1) is 0 Å². The molecule has 0 fully saturated rings. The topological polar surface area (TPSA) is 95.9 Å². The molecule has 7 heteroatoms. The predicted molar refractivity (Wildman–Crippen MR) is 110 cm³/mol. The Morgan fingerprint density at radius 3 is 1.65 bits per heavy atom. The fourth-order valence-corrected chi connectivity index (χ4v) is 3.41. The Bertz CT molecular complexity index is 1170. The molecule has 31 heavy (non-hydrogen) atoms. The number of carbonyl (C=O) groups is 2. The molecule has 0 atom stereocenters. The second-order valence-electron chi connectivity index (χ2n) is 6.62. The van der Waals surface area contributed by atoms with Crippen molar-refractivity contribution in [1.82, 2.24) is 0 Å². The number of fused-ring (bicyclic) bond motifs is 2. The number of hydrogen-bond acceptors (Lipinski definition) is 5. The zero-order valence-corrected chi connectivity index (χ0v) is 18.8. The van der Waals surface area contributed by atoms with Gasteiger partial charge in [0.1, 0.15) is 30.3 Å². The first kappa shape index (κ1) is 22.6. The second kappa shape index (κ2) is 9.83. The van der Waals surface area contributed by atoms with Gasteiger partial charge in [0.2, 0.25) is 0 Å². The predicted octanol–water partition coefficient (Wildman–Crippen LogP) is 0.516. The molecule has 0 amide bonds. The van der Waals surface area contributed by atoms with Crippen LogP contribution in [0.1, 0.15) is 20.7 Å². The molecule has 0 aliphatic carbocycles. The number of carboxylic acid groups (broad SMARTS) is 2. The number of carboxylic acids is 2. The third-order valence-corrected chi connectivity index (χ3v) is 4.79. The van der Waals surface area contributed by atoms with E-state index in [1.807, 2.05) is 24.3 Å². The average Bonchev–Trinajstić information content (AvgIpc) is 2.76. The third-order valence-electron chi connectivity index (χ3n) is 4.79. The van der Waals surface area contributed by atoms with E-state index in [2.05, 4.69) is 0 Å². The van der Waals surface area contributed by atoms with E-state index in [0.29, 0.717) is 10.8 Å². The molecular formula is C24H17NaO6. The van der Waals surface area contributed by atoms with E-state index < -0.39 is 11.9 Å². The molecule has 150 valence electrons. The number of aromatic carboxylic acids is 2. The van der Waals surface area contributed by atoms with Crippen LogP contribution in [0.2, 0.25) is 0 Å². The second-order valence-corrected chi connectivity index (χ2v) is 6.62. The summed E-state index contributed by atoms with van der Waals surface area (Å²) >= 11 is 0. The summed E-state index contributed by atoms with van der Waals surface area (Å²) in [5.41, 5.74) is -0.000582. The SMILES string of the molecule is O=C([O-])c1ccc2ccccc2c1OCCOc1c(C(=O)O)ccc2ccccc12.[Na+]. The van der Waals surface area contributed by atoms with Crippen LogP contribution in [0.25, 0.3) is 21.5 Å². The molecule has 0 aliphatic heterocycles. The van der Waals surface area contributed by atoms with Crippen molar-refractivity contribution in [3.63, 3.8) is 0 Å². The first-order valence-corrected chi connectivity index (χ1v) is 9.30. The van der Waals surface area contributed by atoms with E-state index in [1.165, 1.54) is 12.1 Å². The normalized spacial score (nSPS) is 10.5. The Morgan fingerprint density at radius 2 is 1.16 bits per heavy atom. The van der Waals surface area contributed by atoms with Crippen LogP contribution in [0.5, 0.6) is 11.5 Å². The molecule has 0 aliphatic rings. The van der Waals surface area contributed by atoms with Gasteiger partial charge >= 0.3 is 35.5 Å². The van der Waals surface area contributed by atoms with Crippen molar-refractivity contribution in [2.24, 2.45) is 0 Å². The van der Waals surface area contributed by atoms with Crippen LogP contribution in [-0.2, 0) is 0 Å². The van der Waals surface area contributed by atoms with Crippen molar-refractivity contribution < 1.29 is 58.8 Å². The summed E-state index contributed by atoms with van der Waals surface area (Å²) in [6.45, 7) is 0.0561. The van der Waals surface area contributed by atoms with Crippen LogP contribution < -0.4 is 44.1 Å². The molecule has 0 radical (unpaired) electrons. The van der Waals surface area contributed by atoms with Crippen molar-refractivity contribution in [3.05, 3.63) is 83.9 Å². The molecular weight excluding hydrogens is 407 g/mol. The zero-order valence-electron chi connectivity index (χ0n) is 16.8. The summed E-state index contributed by atoms with van der Waals surface area (Å²) in [7, 11) is 0. The molecule has 0 saturated heterocycles. The Labute approximate surface area is 200 Å². The molecule has 4 aromatic carbocycles. The number of ether oxygens (including phenoxy) is 2. The molecule has 0 saturated carbocycles. The van der Waals surface area contributed by atoms with Gasteiger partial charge < -0.3 is 24.5 Å². The van der Waals surface area contributed by atoms with Crippen LogP contribution in [-0.4, -0.2) is 30.3 Å². The molecule has 0 spiro atoms. The maximum Gasteiger partial charge on any atom is 1.00 e. The monoisotopic (exact) mass is 424 g/mol. The van der Waals surface area contributed by atoms with Crippen molar-refractivity contribution in [2.75, 3.05) is 13.2 Å². The van der Waals surface area contributed by atoms with Gasteiger partial charge in [0.05, 0.1) is 5.97 Å². The minimum atomic E-state index is -1.33. The van der Waals surface area contributed by atoms with E-state index in [9.17, 15) is 19.8 Å². The number of benzene rings is 4. The number of rotatable bonds is 7. The minimum absolute atomic E-state index is 0. The summed E-state index contributed by atoms with van der Waals surface area (Å²) in [5.74, 6) is -1.97. The van der Waals surface area contributed by atoms with Gasteiger partial charge in [-0.2, -0.15) is 0 Å². The van der Waals surface area contributed by atoms with Crippen LogP contribution >= 0.6 is 0 Å². The van der Waals surface area contributed by atoms with Crippen molar-refractivity contribution in [1.29, 1.82) is 0 Å². The van der Waals surface area contributed by atoms with Crippen LogP contribution in [0.4, 0.5) is 0 Å². The molecule has 0 bridgehead atoms. The van der Waals surface area contributed by atoms with E-state index in [4.69, 9.17) is 9.47 Å². The summed E-state index contributed by atoms with van der Waals surface area (Å²) in [6, 6.07) is 20.9. The van der Waals surface area contributed by atoms with Crippen LogP contribution in [0.3, 0.4) is 0 Å². The van der Waals surface area contributed by atoms with Gasteiger partial charge in [-0.25, -0.2) is 4.79 Å². The van der Waals surface area contributed by atoms with E-state index in [0.717, 1.165) is 10.8 Å². The van der Waals surface area contributed by atoms with Gasteiger partial charge in [-0.05, 0) is 22.9 Å². The van der Waals surface area contributed by atoms with E-state index in [-0.39, 0.29) is 65.4 Å². The Balaban J connectivity index is 0.00000272. The largest absolute Gasteiger partial charge is 1.00 e. The third kappa shape index (κ3) is 4.66. The quantitative estimate of drug-likeness (QED) is 0.343. The molecule has 0 aromatic heterocycles. The fraction of sp³-hybridized carbons (Fsp3) is 0.0833. The zero-order chi connectivity index (χ0) is 21.1. The average molecular weight is 424 g/mol. The number of carbonyl (C=O) groups excluding carboxylic acids is 1. The Kier molecular flexibility index (Phi) is 7.17. The van der Waals surface area contributed by atoms with Gasteiger partial charge in [-0.1, -0.05) is 60.7 Å². The van der Waals surface area contributed by atoms with E-state index in [1.54, 1.807) is 36.4 Å². The Morgan fingerprint density at radius 1 is 0.710 bits per heavy atom. The molecule has 4 rings (SSSR count). The maximum absolute atomic E-state index is 11.6. The van der Waals surface area contributed by atoms with Gasteiger partial charge in [0.25, 0.3) is 0 Å². The van der Waals surface area contributed by atoms with Crippen molar-refractivity contribution in [3.8, 4) is 11.5 Å². The molecule has 4 aromatic rings. The summed E-state index contributed by atoms with van der Waals surface area (Å²) in [5, 5.41) is 24.0. The molecule has 0 unspecified atom stereocenters. The number of hydrogen-bond donors (Lipinski definition) is 1. The minimum Gasteiger partial charge on any atom is -0.545 e. The van der Waals surface area contributed by atoms with Crippen LogP contribution in [0.15, 0.2) is 72.8 Å². The first-order chi connectivity index (χ1) is 14.6. The summed E-state index contributed by atoms with van der Waals surface area (Å²) in [6.07, 6.45) is 0. The van der Waals surface area contributed by atoms with Gasteiger partial charge in [-0.3, -0.25) is 0 Å². The molecule has 1 N–H and O–H groups in total. The fourth-order valence-electron chi connectivity index (χ4n) is 3.41. The van der Waals surface area contributed by atoms with Crippen molar-refractivity contribution >= 4 is 33.5 Å². The van der Waals surface area contributed by atoms with Crippen molar-refractivity contribution in [2.45, 2.75) is 0 Å². The molecule has 0 heterocycles. The Hall–Kier alpha value is -3.06.